The number of aromatic nitrogens is 5. The molecule has 0 aliphatic carbocycles. The van der Waals surface area contributed by atoms with Crippen LogP contribution in [0.3, 0.4) is 0 Å². The van der Waals surface area contributed by atoms with Crippen molar-refractivity contribution < 1.29 is 22.4 Å². The van der Waals surface area contributed by atoms with Crippen molar-refractivity contribution in [1.82, 2.24) is 24.3 Å². The van der Waals surface area contributed by atoms with E-state index in [-0.39, 0.29) is 39.4 Å². The van der Waals surface area contributed by atoms with Crippen LogP contribution in [0.5, 0.6) is 0 Å². The van der Waals surface area contributed by atoms with Gasteiger partial charge in [-0.1, -0.05) is 6.07 Å². The summed E-state index contributed by atoms with van der Waals surface area (Å²) in [5.41, 5.74) is -2.06. The van der Waals surface area contributed by atoms with Crippen molar-refractivity contribution in [2.24, 2.45) is 14.1 Å². The Balaban J connectivity index is 1.57. The van der Waals surface area contributed by atoms with Gasteiger partial charge in [0.15, 0.2) is 10.8 Å². The zero-order chi connectivity index (χ0) is 24.8. The van der Waals surface area contributed by atoms with E-state index in [0.29, 0.717) is 6.07 Å². The molecule has 14 heteroatoms. The molecule has 0 aliphatic heterocycles. The number of halogens is 4. The summed E-state index contributed by atoms with van der Waals surface area (Å²) in [6.07, 6.45) is -3.86. The normalized spacial score (nSPS) is 11.7. The van der Waals surface area contributed by atoms with Crippen LogP contribution < -0.4 is 16.6 Å². The van der Waals surface area contributed by atoms with Crippen molar-refractivity contribution >= 4 is 33.4 Å². The molecule has 0 unspecified atom stereocenters. The zero-order valence-corrected chi connectivity index (χ0v) is 18.3. The van der Waals surface area contributed by atoms with Gasteiger partial charge in [0, 0.05) is 25.0 Å². The molecule has 0 saturated carbocycles. The van der Waals surface area contributed by atoms with Crippen LogP contribution in [0.1, 0.15) is 11.1 Å². The van der Waals surface area contributed by atoms with Crippen molar-refractivity contribution in [3.63, 3.8) is 0 Å². The summed E-state index contributed by atoms with van der Waals surface area (Å²) in [6.45, 7) is 0. The predicted octanol–water partition coefficient (Wildman–Crippen LogP) is 2.49. The highest BCUT2D eigenvalue weighted by Gasteiger charge is 2.34. The average Bonchev–Trinajstić information content (AvgIpc) is 3.23. The lowest BCUT2D eigenvalue weighted by Gasteiger charge is -2.09. The fourth-order valence-corrected chi connectivity index (χ4v) is 4.02. The van der Waals surface area contributed by atoms with Crippen molar-refractivity contribution in [2.45, 2.75) is 12.6 Å². The number of hydrogen-bond donors (Lipinski definition) is 1. The number of benzene rings is 1. The molecule has 1 amide bonds. The van der Waals surface area contributed by atoms with Crippen LogP contribution >= 0.6 is 11.3 Å². The number of carbonyl (C=O) groups is 1. The van der Waals surface area contributed by atoms with Gasteiger partial charge in [0.25, 0.3) is 5.56 Å². The van der Waals surface area contributed by atoms with E-state index in [4.69, 9.17) is 0 Å². The minimum absolute atomic E-state index is 0.0271. The Bertz CT molecular complexity index is 1560. The summed E-state index contributed by atoms with van der Waals surface area (Å²) in [5.74, 6) is -2.00. The fourth-order valence-electron chi connectivity index (χ4n) is 3.29. The maximum absolute atomic E-state index is 13.9. The van der Waals surface area contributed by atoms with E-state index in [1.807, 2.05) is 0 Å². The molecule has 0 spiro atoms. The number of nitrogens with zero attached hydrogens (tertiary/aromatic N) is 5. The summed E-state index contributed by atoms with van der Waals surface area (Å²) in [5, 5.41) is 11.7. The summed E-state index contributed by atoms with van der Waals surface area (Å²) in [7, 11) is 2.72. The molecular weight excluding hydrogens is 480 g/mol. The first kappa shape index (κ1) is 23.2. The first-order valence-corrected chi connectivity index (χ1v) is 10.4. The van der Waals surface area contributed by atoms with E-state index >= 15 is 0 Å². The molecule has 0 aliphatic rings. The number of amides is 1. The number of carbonyl (C=O) groups excluding carboxylic acids is 1. The Morgan fingerprint density at radius 1 is 1.18 bits per heavy atom. The van der Waals surface area contributed by atoms with Gasteiger partial charge in [-0.05, 0) is 17.7 Å². The Kier molecular flexibility index (Phi) is 5.77. The highest BCUT2D eigenvalue weighted by Crippen LogP contribution is 2.34. The summed E-state index contributed by atoms with van der Waals surface area (Å²) in [4.78, 5) is 41.3. The zero-order valence-electron chi connectivity index (χ0n) is 17.5. The van der Waals surface area contributed by atoms with Gasteiger partial charge in [0.1, 0.15) is 5.82 Å². The second-order valence-electron chi connectivity index (χ2n) is 7.23. The largest absolute Gasteiger partial charge is 0.419 e. The standard InChI is InChI=1S/C20H14F4N6O3S/c1-29-16-15(17(32)30(2)19(29)33)10(7-25-28-16)6-14(31)27-18-26-13(8-34-18)9-3-4-11(12(21)5-9)20(22,23)24/h3-5,7-8H,6H2,1-2H3,(H,26,27,31). The molecule has 1 N–H and O–H groups in total. The first-order valence-electron chi connectivity index (χ1n) is 9.50. The number of fused-ring (bicyclic) bond motifs is 1. The number of anilines is 1. The quantitative estimate of drug-likeness (QED) is 0.437. The molecule has 0 bridgehead atoms. The van der Waals surface area contributed by atoms with Crippen LogP contribution in [-0.2, 0) is 31.5 Å². The molecule has 9 nitrogen and oxygen atoms in total. The maximum Gasteiger partial charge on any atom is 0.419 e. The van der Waals surface area contributed by atoms with Gasteiger partial charge in [-0.2, -0.15) is 18.3 Å². The van der Waals surface area contributed by atoms with Gasteiger partial charge < -0.3 is 5.32 Å². The van der Waals surface area contributed by atoms with Crippen molar-refractivity contribution in [1.29, 1.82) is 0 Å². The van der Waals surface area contributed by atoms with Gasteiger partial charge >= 0.3 is 11.9 Å². The molecule has 3 aromatic heterocycles. The summed E-state index contributed by atoms with van der Waals surface area (Å²) >= 11 is 0.986. The SMILES string of the molecule is Cn1c(=O)c2c(CC(=O)Nc3nc(-c4ccc(C(F)(F)F)c(F)c4)cs3)cnnc2n(C)c1=O. The number of aryl methyl sites for hydroxylation is 1. The Labute approximate surface area is 191 Å². The lowest BCUT2D eigenvalue weighted by atomic mass is 10.1. The van der Waals surface area contributed by atoms with E-state index in [2.05, 4.69) is 20.5 Å². The first-order chi connectivity index (χ1) is 16.0. The lowest BCUT2D eigenvalue weighted by molar-refractivity contribution is -0.140. The molecule has 34 heavy (non-hydrogen) atoms. The molecule has 0 fully saturated rings. The van der Waals surface area contributed by atoms with Crippen LogP contribution in [0.15, 0.2) is 39.4 Å². The Morgan fingerprint density at radius 2 is 1.91 bits per heavy atom. The van der Waals surface area contributed by atoms with Crippen molar-refractivity contribution in [3.8, 4) is 11.3 Å². The third-order valence-electron chi connectivity index (χ3n) is 4.99. The molecule has 1 aromatic carbocycles. The third-order valence-corrected chi connectivity index (χ3v) is 5.75. The van der Waals surface area contributed by atoms with Crippen LogP contribution in [0.2, 0.25) is 0 Å². The minimum Gasteiger partial charge on any atom is -0.302 e. The number of hydrogen-bond acceptors (Lipinski definition) is 7. The van der Waals surface area contributed by atoms with Crippen LogP contribution in [0, 0.1) is 5.82 Å². The minimum atomic E-state index is -4.82. The van der Waals surface area contributed by atoms with E-state index in [9.17, 15) is 31.9 Å². The van der Waals surface area contributed by atoms with Gasteiger partial charge in [0.2, 0.25) is 5.91 Å². The van der Waals surface area contributed by atoms with E-state index in [0.717, 1.165) is 32.6 Å². The highest BCUT2D eigenvalue weighted by atomic mass is 32.1. The van der Waals surface area contributed by atoms with E-state index in [1.54, 1.807) is 0 Å². The van der Waals surface area contributed by atoms with Crippen molar-refractivity contribution in [2.75, 3.05) is 5.32 Å². The molecular formula is C20H14F4N6O3S. The maximum atomic E-state index is 13.9. The summed E-state index contributed by atoms with van der Waals surface area (Å²) in [6, 6.07) is 2.43. The number of nitrogens with one attached hydrogen (secondary N) is 1. The molecule has 0 saturated heterocycles. The van der Waals surface area contributed by atoms with E-state index in [1.165, 1.54) is 25.7 Å². The van der Waals surface area contributed by atoms with Gasteiger partial charge in [-0.25, -0.2) is 14.2 Å². The fraction of sp³-hybridized carbons (Fsp3) is 0.200. The van der Waals surface area contributed by atoms with E-state index < -0.39 is 34.7 Å². The molecule has 176 valence electrons. The van der Waals surface area contributed by atoms with Gasteiger partial charge in [0.05, 0.1) is 29.3 Å². The number of thiazole rings is 1. The summed E-state index contributed by atoms with van der Waals surface area (Å²) < 4.78 is 54.1. The molecule has 3 heterocycles. The Hall–Kier alpha value is -3.94. The molecule has 4 rings (SSSR count). The van der Waals surface area contributed by atoms with Crippen LogP contribution in [0.4, 0.5) is 22.7 Å². The second-order valence-corrected chi connectivity index (χ2v) is 8.09. The molecule has 0 radical (unpaired) electrons. The Morgan fingerprint density at radius 3 is 2.59 bits per heavy atom. The monoisotopic (exact) mass is 494 g/mol. The topological polar surface area (TPSA) is 112 Å². The smallest absolute Gasteiger partial charge is 0.302 e. The molecule has 0 atom stereocenters. The highest BCUT2D eigenvalue weighted by molar-refractivity contribution is 7.14. The van der Waals surface area contributed by atoms with Gasteiger partial charge in [-0.15, -0.1) is 16.4 Å². The number of alkyl halides is 3. The lowest BCUT2D eigenvalue weighted by Crippen LogP contribution is -2.38. The van der Waals surface area contributed by atoms with Crippen LogP contribution in [0.25, 0.3) is 22.3 Å². The third kappa shape index (κ3) is 4.19. The number of rotatable bonds is 4. The van der Waals surface area contributed by atoms with Crippen LogP contribution in [-0.4, -0.2) is 30.2 Å². The second kappa shape index (κ2) is 8.44. The van der Waals surface area contributed by atoms with Gasteiger partial charge in [-0.3, -0.25) is 18.7 Å². The predicted molar refractivity (Wildman–Crippen MR) is 115 cm³/mol. The average molecular weight is 494 g/mol. The molecule has 4 aromatic rings. The van der Waals surface area contributed by atoms with Crippen molar-refractivity contribution in [3.05, 3.63) is 67.6 Å².